The molecule has 0 saturated carbocycles. The second-order valence-electron chi connectivity index (χ2n) is 5.36. The molecule has 8 nitrogen and oxygen atoms in total. The molecule has 0 heterocycles. The molecule has 0 bridgehead atoms. The molecule has 0 aliphatic rings. The van der Waals surface area contributed by atoms with Crippen LogP contribution in [0.1, 0.15) is 21.5 Å². The zero-order valence-electron chi connectivity index (χ0n) is 14.0. The van der Waals surface area contributed by atoms with E-state index < -0.39 is 28.1 Å². The Morgan fingerprint density at radius 3 is 2.04 bits per heavy atom. The molecule has 0 unspecified atom stereocenters. The molecule has 28 heavy (non-hydrogen) atoms. The van der Waals surface area contributed by atoms with E-state index in [0.717, 1.165) is 17.7 Å². The van der Waals surface area contributed by atoms with Crippen molar-refractivity contribution in [2.75, 3.05) is 11.9 Å². The van der Waals surface area contributed by atoms with Crippen molar-refractivity contribution < 1.29 is 45.7 Å². The van der Waals surface area contributed by atoms with E-state index in [1.807, 2.05) is 0 Å². The lowest BCUT2D eigenvalue weighted by molar-refractivity contribution is -0.137. The number of halogens is 3. The van der Waals surface area contributed by atoms with Gasteiger partial charge in [0.2, 0.25) is 0 Å². The first-order valence-corrected chi connectivity index (χ1v) is 8.83. The van der Waals surface area contributed by atoms with E-state index in [-0.39, 0.29) is 11.3 Å². The summed E-state index contributed by atoms with van der Waals surface area (Å²) in [5.74, 6) is -1.57. The highest BCUT2D eigenvalue weighted by atomic mass is 32.3. The Hall–Kier alpha value is -2.83. The van der Waals surface area contributed by atoms with E-state index in [1.54, 1.807) is 0 Å². The first kappa shape index (κ1) is 23.2. The summed E-state index contributed by atoms with van der Waals surface area (Å²) in [6.07, 6.45) is -3.88. The summed E-state index contributed by atoms with van der Waals surface area (Å²) in [4.78, 5) is 10.9. The van der Waals surface area contributed by atoms with Crippen molar-refractivity contribution in [2.24, 2.45) is 0 Å². The molecule has 12 heteroatoms. The van der Waals surface area contributed by atoms with Gasteiger partial charge in [0.1, 0.15) is 11.3 Å². The molecule has 0 radical (unpaired) electrons. The quantitative estimate of drug-likeness (QED) is 0.364. The number of benzene rings is 2. The van der Waals surface area contributed by atoms with Gasteiger partial charge in [0, 0.05) is 12.2 Å². The van der Waals surface area contributed by atoms with Crippen LogP contribution >= 0.6 is 0 Å². The van der Waals surface area contributed by atoms with Crippen molar-refractivity contribution in [2.45, 2.75) is 12.6 Å². The van der Waals surface area contributed by atoms with Gasteiger partial charge in [-0.2, -0.15) is 21.6 Å². The number of aromatic carboxylic acids is 1. The Morgan fingerprint density at radius 1 is 1.04 bits per heavy atom. The molecule has 0 amide bonds. The minimum absolute atomic E-state index is 0.218. The predicted molar refractivity (Wildman–Crippen MR) is 92.9 cm³/mol. The summed E-state index contributed by atoms with van der Waals surface area (Å²) in [6.45, 7) is 0.412. The molecule has 0 aromatic heterocycles. The molecule has 2 aromatic rings. The van der Waals surface area contributed by atoms with E-state index >= 15 is 0 Å². The highest BCUT2D eigenvalue weighted by Crippen LogP contribution is 2.29. The Kier molecular flexibility index (Phi) is 7.78. The van der Waals surface area contributed by atoms with Crippen molar-refractivity contribution in [3.63, 3.8) is 0 Å². The number of nitrogens with one attached hydrogen (secondary N) is 1. The van der Waals surface area contributed by atoms with Crippen LogP contribution in [0.15, 0.2) is 42.5 Å². The lowest BCUT2D eigenvalue weighted by Crippen LogP contribution is -2.07. The largest absolute Gasteiger partial charge is 0.507 e. The van der Waals surface area contributed by atoms with Crippen LogP contribution in [-0.2, 0) is 23.0 Å². The molecular weight excluding hydrogens is 407 g/mol. The zero-order valence-corrected chi connectivity index (χ0v) is 14.8. The molecule has 2 rings (SSSR count). The lowest BCUT2D eigenvalue weighted by atomic mass is 10.1. The Bertz CT molecular complexity index is 905. The number of rotatable bonds is 5. The SMILES string of the molecule is O=C(O)c1cc(NCCc2ccc(C(F)(F)F)cc2)ccc1O.O=S(=O)(O)O. The maximum atomic E-state index is 12.4. The first-order chi connectivity index (χ1) is 12.8. The predicted octanol–water partition coefficient (Wildman–Crippen LogP) is 3.11. The summed E-state index contributed by atoms with van der Waals surface area (Å²) in [7, 11) is -4.67. The van der Waals surface area contributed by atoms with Crippen molar-refractivity contribution >= 4 is 22.1 Å². The molecule has 154 valence electrons. The second kappa shape index (κ2) is 9.39. The van der Waals surface area contributed by atoms with E-state index in [2.05, 4.69) is 5.32 Å². The fourth-order valence-corrected chi connectivity index (χ4v) is 2.03. The Morgan fingerprint density at radius 2 is 1.57 bits per heavy atom. The summed E-state index contributed by atoms with van der Waals surface area (Å²) >= 11 is 0. The maximum Gasteiger partial charge on any atom is 0.416 e. The molecule has 0 atom stereocenters. The summed E-state index contributed by atoms with van der Waals surface area (Å²) in [5.41, 5.74) is 0.318. The van der Waals surface area contributed by atoms with E-state index in [4.69, 9.17) is 22.6 Å². The van der Waals surface area contributed by atoms with Crippen LogP contribution in [0.3, 0.4) is 0 Å². The first-order valence-electron chi connectivity index (χ1n) is 7.43. The van der Waals surface area contributed by atoms with Gasteiger partial charge in [-0.05, 0) is 42.3 Å². The highest BCUT2D eigenvalue weighted by Gasteiger charge is 2.29. The molecular formula is C16H16F3NO7S. The second-order valence-corrected chi connectivity index (χ2v) is 6.25. The van der Waals surface area contributed by atoms with Gasteiger partial charge in [-0.25, -0.2) is 4.79 Å². The summed E-state index contributed by atoms with van der Waals surface area (Å²) in [5, 5.41) is 21.3. The van der Waals surface area contributed by atoms with Gasteiger partial charge in [-0.3, -0.25) is 9.11 Å². The van der Waals surface area contributed by atoms with Crippen LogP contribution < -0.4 is 5.32 Å². The van der Waals surface area contributed by atoms with Crippen molar-refractivity contribution in [1.82, 2.24) is 0 Å². The number of anilines is 1. The van der Waals surface area contributed by atoms with Crippen LogP contribution in [0, 0.1) is 0 Å². The van der Waals surface area contributed by atoms with E-state index in [1.165, 1.54) is 30.3 Å². The average Bonchev–Trinajstić information content (AvgIpc) is 2.54. The number of phenols is 1. The summed E-state index contributed by atoms with van der Waals surface area (Å²) in [6, 6.07) is 8.95. The molecule has 0 fully saturated rings. The lowest BCUT2D eigenvalue weighted by Gasteiger charge is -2.10. The van der Waals surface area contributed by atoms with Gasteiger partial charge in [-0.15, -0.1) is 0 Å². The number of carboxylic acid groups (broad SMARTS) is 1. The van der Waals surface area contributed by atoms with Crippen molar-refractivity contribution in [1.29, 1.82) is 0 Å². The highest BCUT2D eigenvalue weighted by molar-refractivity contribution is 7.79. The number of aromatic hydroxyl groups is 1. The number of hydrogen-bond donors (Lipinski definition) is 5. The smallest absolute Gasteiger partial charge is 0.416 e. The Labute approximate surface area is 157 Å². The van der Waals surface area contributed by atoms with Gasteiger partial charge in [0.05, 0.1) is 5.56 Å². The molecule has 0 aliphatic carbocycles. The molecule has 0 spiro atoms. The van der Waals surface area contributed by atoms with Gasteiger partial charge < -0.3 is 15.5 Å². The third-order valence-electron chi connectivity index (χ3n) is 3.25. The van der Waals surface area contributed by atoms with Gasteiger partial charge >= 0.3 is 22.5 Å². The van der Waals surface area contributed by atoms with Crippen molar-refractivity contribution in [3.8, 4) is 5.75 Å². The Balaban J connectivity index is 0.000000696. The minimum atomic E-state index is -4.67. The third kappa shape index (κ3) is 8.70. The van der Waals surface area contributed by atoms with Gasteiger partial charge in [0.25, 0.3) is 0 Å². The monoisotopic (exact) mass is 423 g/mol. The van der Waals surface area contributed by atoms with Crippen molar-refractivity contribution in [3.05, 3.63) is 59.2 Å². The minimum Gasteiger partial charge on any atom is -0.507 e. The fourth-order valence-electron chi connectivity index (χ4n) is 2.03. The third-order valence-corrected chi connectivity index (χ3v) is 3.25. The fraction of sp³-hybridized carbons (Fsp3) is 0.188. The maximum absolute atomic E-state index is 12.4. The van der Waals surface area contributed by atoms with Gasteiger partial charge in [0.15, 0.2) is 0 Å². The van der Waals surface area contributed by atoms with Crippen LogP contribution in [0.2, 0.25) is 0 Å². The number of alkyl halides is 3. The zero-order chi connectivity index (χ0) is 21.5. The molecule has 5 N–H and O–H groups in total. The number of carboxylic acids is 1. The van der Waals surface area contributed by atoms with Crippen LogP contribution in [0.5, 0.6) is 5.75 Å². The molecule has 2 aromatic carbocycles. The summed E-state index contributed by atoms with van der Waals surface area (Å²) < 4.78 is 68.9. The van der Waals surface area contributed by atoms with E-state index in [9.17, 15) is 23.1 Å². The van der Waals surface area contributed by atoms with Crippen LogP contribution in [-0.4, -0.2) is 40.3 Å². The van der Waals surface area contributed by atoms with E-state index in [0.29, 0.717) is 18.7 Å². The van der Waals surface area contributed by atoms with Crippen LogP contribution in [0.4, 0.5) is 18.9 Å². The standard InChI is InChI=1S/C16H14F3NO3.H2O4S/c17-16(18,19)11-3-1-10(2-4-11)7-8-20-12-5-6-14(21)13(9-12)15(22)23;1-5(2,3)4/h1-6,9,20-21H,7-8H2,(H,22,23);(H2,1,2,3,4). The molecule has 0 saturated heterocycles. The average molecular weight is 423 g/mol. The van der Waals surface area contributed by atoms with Gasteiger partial charge in [-0.1, -0.05) is 12.1 Å². The van der Waals surface area contributed by atoms with Crippen LogP contribution in [0.25, 0.3) is 0 Å². The molecule has 0 aliphatic heterocycles. The number of hydrogen-bond acceptors (Lipinski definition) is 5. The number of carbonyl (C=O) groups is 1. The normalized spacial score (nSPS) is 11.3. The topological polar surface area (TPSA) is 144 Å².